The topological polar surface area (TPSA) is 33.8 Å². The zero-order valence-corrected chi connectivity index (χ0v) is 12.0. The zero-order chi connectivity index (χ0) is 14.2. The normalized spacial score (nSPS) is 18.2. The third-order valence-electron chi connectivity index (χ3n) is 2.95. The van der Waals surface area contributed by atoms with Crippen LogP contribution in [0, 0.1) is 12.4 Å². The van der Waals surface area contributed by atoms with Gasteiger partial charge in [-0.05, 0) is 51.3 Å². The van der Waals surface area contributed by atoms with Crippen molar-refractivity contribution in [3.63, 3.8) is 0 Å². The van der Waals surface area contributed by atoms with E-state index in [2.05, 4.69) is 9.24 Å². The summed E-state index contributed by atoms with van der Waals surface area (Å²) in [5.41, 5.74) is 2.33. The molecule has 3 nitrogen and oxygen atoms in total. The molecule has 0 saturated carbocycles. The molecule has 0 amide bonds. The molecule has 1 aliphatic rings. The van der Waals surface area contributed by atoms with Gasteiger partial charge in [0.2, 0.25) is 5.69 Å². The lowest BCUT2D eigenvalue weighted by molar-refractivity contribution is 0.633. The van der Waals surface area contributed by atoms with Crippen LogP contribution in [0.15, 0.2) is 16.5 Å². The van der Waals surface area contributed by atoms with Crippen LogP contribution in [0.2, 0.25) is 0 Å². The SMILES string of the molecule is [C-]#[N+]c1cc2c(cc1F)/C(=N\[S@](=O)C(C)(C)C)CC2. The highest BCUT2D eigenvalue weighted by molar-refractivity contribution is 7.85. The molecule has 0 bridgehead atoms. The fourth-order valence-corrected chi connectivity index (χ4v) is 2.55. The van der Waals surface area contributed by atoms with Gasteiger partial charge in [-0.15, -0.1) is 0 Å². The van der Waals surface area contributed by atoms with Gasteiger partial charge >= 0.3 is 0 Å². The van der Waals surface area contributed by atoms with Crippen molar-refractivity contribution in [2.75, 3.05) is 0 Å². The Balaban J connectivity index is 2.44. The minimum Gasteiger partial charge on any atom is -0.235 e. The van der Waals surface area contributed by atoms with Gasteiger partial charge < -0.3 is 0 Å². The summed E-state index contributed by atoms with van der Waals surface area (Å²) < 4.78 is 29.5. The van der Waals surface area contributed by atoms with E-state index in [4.69, 9.17) is 6.57 Å². The Kier molecular flexibility index (Phi) is 3.55. The number of hydrogen-bond acceptors (Lipinski definition) is 1. The first-order chi connectivity index (χ1) is 8.82. The van der Waals surface area contributed by atoms with Gasteiger partial charge in [0.15, 0.2) is 0 Å². The van der Waals surface area contributed by atoms with Gasteiger partial charge in [-0.3, -0.25) is 0 Å². The van der Waals surface area contributed by atoms with Crippen LogP contribution in [0.3, 0.4) is 0 Å². The molecule has 0 fully saturated rings. The highest BCUT2D eigenvalue weighted by atomic mass is 32.2. The van der Waals surface area contributed by atoms with Crippen molar-refractivity contribution < 1.29 is 8.60 Å². The first-order valence-corrected chi connectivity index (χ1v) is 7.13. The molecule has 0 radical (unpaired) electrons. The molecule has 0 unspecified atom stereocenters. The number of hydrogen-bond donors (Lipinski definition) is 0. The van der Waals surface area contributed by atoms with Gasteiger partial charge in [-0.1, -0.05) is 0 Å². The maximum absolute atomic E-state index is 13.6. The number of nitrogens with zero attached hydrogens (tertiary/aromatic N) is 2. The van der Waals surface area contributed by atoms with E-state index in [1.54, 1.807) is 6.07 Å². The molecule has 0 N–H and O–H groups in total. The summed E-state index contributed by atoms with van der Waals surface area (Å²) in [6, 6.07) is 2.91. The Labute approximate surface area is 115 Å². The second-order valence-electron chi connectivity index (χ2n) is 5.47. The summed E-state index contributed by atoms with van der Waals surface area (Å²) in [4.78, 5) is 3.15. The predicted molar refractivity (Wildman–Crippen MR) is 75.4 cm³/mol. The number of fused-ring (bicyclic) bond motifs is 1. The van der Waals surface area contributed by atoms with Gasteiger partial charge in [-0.2, -0.15) is 4.40 Å². The molecule has 19 heavy (non-hydrogen) atoms. The standard InChI is InChI=1S/C14H15FN2OS/c1-14(2,3)19(18)17-12-6-5-9-7-13(16-4)11(15)8-10(9)12/h7-8H,5-6H2,1-3H3/b17-12-/t19-/m1/s1. The fourth-order valence-electron chi connectivity index (χ4n) is 1.89. The summed E-state index contributed by atoms with van der Waals surface area (Å²) in [6.45, 7) is 12.5. The summed E-state index contributed by atoms with van der Waals surface area (Å²) in [6.07, 6.45) is 1.37. The van der Waals surface area contributed by atoms with E-state index in [0.29, 0.717) is 17.7 Å². The Bertz CT molecular complexity index is 624. The molecule has 2 rings (SSSR count). The quantitative estimate of drug-likeness (QED) is 0.723. The number of halogens is 1. The molecular formula is C14H15FN2OS. The molecule has 1 aromatic carbocycles. The molecular weight excluding hydrogens is 263 g/mol. The van der Waals surface area contributed by atoms with Crippen LogP contribution in [0.4, 0.5) is 10.1 Å². The highest BCUT2D eigenvalue weighted by Gasteiger charge is 2.24. The monoisotopic (exact) mass is 278 g/mol. The lowest BCUT2D eigenvalue weighted by atomic mass is 10.1. The third kappa shape index (κ3) is 2.74. The molecule has 0 spiro atoms. The largest absolute Gasteiger partial charge is 0.235 e. The van der Waals surface area contributed by atoms with Crippen LogP contribution < -0.4 is 0 Å². The highest BCUT2D eigenvalue weighted by Crippen LogP contribution is 2.30. The second kappa shape index (κ2) is 4.86. The molecule has 1 atom stereocenters. The van der Waals surface area contributed by atoms with E-state index < -0.39 is 21.5 Å². The minimum atomic E-state index is -1.34. The van der Waals surface area contributed by atoms with Crippen LogP contribution in [-0.4, -0.2) is 14.7 Å². The molecule has 0 aromatic heterocycles. The molecule has 0 saturated heterocycles. The molecule has 0 aliphatic heterocycles. The van der Waals surface area contributed by atoms with Crippen molar-refractivity contribution in [2.45, 2.75) is 38.4 Å². The van der Waals surface area contributed by atoms with Crippen LogP contribution in [-0.2, 0) is 17.4 Å². The lowest BCUT2D eigenvalue weighted by Crippen LogP contribution is -2.20. The molecule has 1 aromatic rings. The van der Waals surface area contributed by atoms with Crippen molar-refractivity contribution in [3.8, 4) is 0 Å². The number of rotatable bonds is 1. The maximum Gasteiger partial charge on any atom is 0.222 e. The summed E-state index contributed by atoms with van der Waals surface area (Å²) in [5.74, 6) is -0.537. The molecule has 5 heteroatoms. The van der Waals surface area contributed by atoms with E-state index in [-0.39, 0.29) is 5.69 Å². The Morgan fingerprint density at radius 2 is 2.05 bits per heavy atom. The van der Waals surface area contributed by atoms with Gasteiger partial charge in [-0.25, -0.2) is 13.4 Å². The van der Waals surface area contributed by atoms with E-state index >= 15 is 0 Å². The number of aryl methyl sites for hydroxylation is 1. The van der Waals surface area contributed by atoms with Gasteiger partial charge in [0.05, 0.1) is 17.0 Å². The smallest absolute Gasteiger partial charge is 0.222 e. The minimum absolute atomic E-state index is 0.0388. The van der Waals surface area contributed by atoms with Gasteiger partial charge in [0.1, 0.15) is 16.8 Å². The summed E-state index contributed by atoms with van der Waals surface area (Å²) >= 11 is 0. The van der Waals surface area contributed by atoms with E-state index in [1.807, 2.05) is 20.8 Å². The van der Waals surface area contributed by atoms with Crippen molar-refractivity contribution in [2.24, 2.45) is 4.40 Å². The Morgan fingerprint density at radius 3 is 2.63 bits per heavy atom. The van der Waals surface area contributed by atoms with Crippen LogP contribution in [0.5, 0.6) is 0 Å². The molecule has 100 valence electrons. The van der Waals surface area contributed by atoms with E-state index in [9.17, 15) is 8.60 Å². The van der Waals surface area contributed by atoms with Crippen LogP contribution in [0.1, 0.15) is 38.3 Å². The van der Waals surface area contributed by atoms with Crippen LogP contribution in [0.25, 0.3) is 4.85 Å². The zero-order valence-electron chi connectivity index (χ0n) is 11.2. The third-order valence-corrected chi connectivity index (χ3v) is 4.39. The summed E-state index contributed by atoms with van der Waals surface area (Å²) in [5, 5.41) is 0. The average Bonchev–Trinajstić information content (AvgIpc) is 2.69. The maximum atomic E-state index is 13.6. The van der Waals surface area contributed by atoms with Crippen LogP contribution >= 0.6 is 0 Å². The Morgan fingerprint density at radius 1 is 1.37 bits per heavy atom. The lowest BCUT2D eigenvalue weighted by Gasteiger charge is -2.14. The first kappa shape index (κ1) is 13.9. The fraction of sp³-hybridized carbons (Fsp3) is 0.429. The average molecular weight is 278 g/mol. The van der Waals surface area contributed by atoms with Crippen molar-refractivity contribution >= 4 is 22.4 Å². The van der Waals surface area contributed by atoms with Gasteiger partial charge in [0, 0.05) is 5.56 Å². The second-order valence-corrected chi connectivity index (χ2v) is 7.38. The van der Waals surface area contributed by atoms with Crippen molar-refractivity contribution in [3.05, 3.63) is 40.5 Å². The first-order valence-electron chi connectivity index (χ1n) is 6.02. The van der Waals surface area contributed by atoms with Gasteiger partial charge in [0.25, 0.3) is 0 Å². The molecule has 0 heterocycles. The van der Waals surface area contributed by atoms with Crippen molar-refractivity contribution in [1.29, 1.82) is 0 Å². The predicted octanol–water partition coefficient (Wildman–Crippen LogP) is 3.57. The summed E-state index contributed by atoms with van der Waals surface area (Å²) in [7, 11) is -1.34. The Hall–Kier alpha value is -1.54. The van der Waals surface area contributed by atoms with E-state index in [0.717, 1.165) is 12.0 Å². The van der Waals surface area contributed by atoms with E-state index in [1.165, 1.54) is 6.07 Å². The van der Waals surface area contributed by atoms with Crippen molar-refractivity contribution in [1.82, 2.24) is 0 Å². The molecule has 1 aliphatic carbocycles. The number of benzene rings is 1.